The Balaban J connectivity index is 0.00000450. The van der Waals surface area contributed by atoms with Gasteiger partial charge < -0.3 is 20.5 Å². The molecule has 30 heavy (non-hydrogen) atoms. The third-order valence-corrected chi connectivity index (χ3v) is 4.20. The van der Waals surface area contributed by atoms with E-state index >= 15 is 0 Å². The van der Waals surface area contributed by atoms with Crippen LogP contribution in [-0.2, 0) is 6.54 Å². The van der Waals surface area contributed by atoms with Crippen molar-refractivity contribution in [2.45, 2.75) is 46.5 Å². The van der Waals surface area contributed by atoms with E-state index in [4.69, 9.17) is 0 Å². The second kappa shape index (κ2) is 13.4. The number of alkyl halides is 2. The Bertz CT molecular complexity index is 784. The number of aromatic nitrogens is 2. The van der Waals surface area contributed by atoms with E-state index in [9.17, 15) is 13.9 Å². The van der Waals surface area contributed by atoms with Gasteiger partial charge in [0.15, 0.2) is 5.96 Å². The molecule has 1 aromatic heterocycles. The van der Waals surface area contributed by atoms with Crippen molar-refractivity contribution >= 4 is 29.9 Å². The lowest BCUT2D eigenvalue weighted by Gasteiger charge is -2.14. The molecule has 7 nitrogen and oxygen atoms in total. The molecule has 10 heteroatoms. The molecule has 0 aliphatic carbocycles. The van der Waals surface area contributed by atoms with Crippen molar-refractivity contribution in [3.63, 3.8) is 0 Å². The third kappa shape index (κ3) is 8.82. The summed E-state index contributed by atoms with van der Waals surface area (Å²) in [6.45, 7) is 5.45. The van der Waals surface area contributed by atoms with Gasteiger partial charge >= 0.3 is 6.61 Å². The Morgan fingerprint density at radius 1 is 1.23 bits per heavy atom. The van der Waals surface area contributed by atoms with E-state index in [1.165, 1.54) is 12.1 Å². The van der Waals surface area contributed by atoms with E-state index in [1.54, 1.807) is 12.1 Å². The summed E-state index contributed by atoms with van der Waals surface area (Å²) < 4.78 is 30.7. The molecular weight excluding hydrogens is 507 g/mol. The smallest absolute Gasteiger partial charge is 0.387 e. The predicted molar refractivity (Wildman–Crippen MR) is 124 cm³/mol. The highest BCUT2D eigenvalue weighted by Crippen LogP contribution is 2.19. The molecule has 2 rings (SSSR count). The van der Waals surface area contributed by atoms with Crippen LogP contribution >= 0.6 is 24.0 Å². The summed E-state index contributed by atoms with van der Waals surface area (Å²) in [6, 6.07) is 7.94. The number of nitrogens with zero attached hydrogens (tertiary/aromatic N) is 3. The molecule has 168 valence electrons. The fourth-order valence-electron chi connectivity index (χ4n) is 2.83. The topological polar surface area (TPSA) is 83.7 Å². The first kappa shape index (κ1) is 26.1. The normalized spacial score (nSPS) is 12.4. The summed E-state index contributed by atoms with van der Waals surface area (Å²) >= 11 is 0. The Hall–Kier alpha value is -1.95. The van der Waals surface area contributed by atoms with Crippen LogP contribution in [-0.4, -0.2) is 47.1 Å². The first-order chi connectivity index (χ1) is 13.9. The summed E-state index contributed by atoms with van der Waals surface area (Å²) in [5.41, 5.74) is 2.72. The average molecular weight is 537 g/mol. The first-order valence-corrected chi connectivity index (χ1v) is 9.65. The first-order valence-electron chi connectivity index (χ1n) is 9.65. The second-order valence-corrected chi connectivity index (χ2v) is 6.61. The molecule has 0 amide bonds. The largest absolute Gasteiger partial charge is 0.435 e. The number of hydrogen-bond donors (Lipinski definition) is 3. The van der Waals surface area contributed by atoms with Crippen LogP contribution in [0.5, 0.6) is 5.75 Å². The van der Waals surface area contributed by atoms with Crippen molar-refractivity contribution in [3.05, 3.63) is 47.3 Å². The van der Waals surface area contributed by atoms with E-state index in [0.717, 1.165) is 24.4 Å². The number of hydrogen-bond acceptors (Lipinski definition) is 4. The van der Waals surface area contributed by atoms with E-state index in [1.807, 2.05) is 31.5 Å². The van der Waals surface area contributed by atoms with E-state index in [2.05, 4.69) is 25.5 Å². The highest BCUT2D eigenvalue weighted by Gasteiger charge is 2.10. The molecule has 3 N–H and O–H groups in total. The van der Waals surface area contributed by atoms with Gasteiger partial charge in [0, 0.05) is 25.3 Å². The van der Waals surface area contributed by atoms with Gasteiger partial charge in [0.2, 0.25) is 0 Å². The van der Waals surface area contributed by atoms with Gasteiger partial charge in [0.1, 0.15) is 5.75 Å². The second-order valence-electron chi connectivity index (χ2n) is 6.61. The van der Waals surface area contributed by atoms with E-state index in [-0.39, 0.29) is 36.3 Å². The van der Waals surface area contributed by atoms with Crippen molar-refractivity contribution in [1.29, 1.82) is 0 Å². The maximum Gasteiger partial charge on any atom is 0.387 e. The molecule has 0 bridgehead atoms. The van der Waals surface area contributed by atoms with Crippen molar-refractivity contribution in [1.82, 2.24) is 20.4 Å². The number of aliphatic hydroxyl groups is 1. The summed E-state index contributed by atoms with van der Waals surface area (Å²) in [5.74, 6) is 0.662. The SMILES string of the molecule is CCNC(=NCC(O)c1ccc(OC(F)F)cc1)NCCCn1nc(C)cc1C.I. The number of benzene rings is 1. The van der Waals surface area contributed by atoms with E-state index < -0.39 is 12.7 Å². The molecular formula is C20H30F2IN5O2. The summed E-state index contributed by atoms with van der Waals surface area (Å²) in [6.07, 6.45) is 0.0290. The maximum atomic E-state index is 12.2. The molecule has 0 spiro atoms. The van der Waals surface area contributed by atoms with Crippen molar-refractivity contribution in [3.8, 4) is 5.75 Å². The lowest BCUT2D eigenvalue weighted by Crippen LogP contribution is -2.38. The number of aliphatic hydroxyl groups excluding tert-OH is 1. The zero-order valence-corrected chi connectivity index (χ0v) is 19.8. The molecule has 1 atom stereocenters. The molecule has 0 fully saturated rings. The molecule has 1 aromatic carbocycles. The summed E-state index contributed by atoms with van der Waals surface area (Å²) in [7, 11) is 0. The van der Waals surface area contributed by atoms with E-state index in [0.29, 0.717) is 24.6 Å². The van der Waals surface area contributed by atoms with Crippen molar-refractivity contribution < 1.29 is 18.6 Å². The van der Waals surface area contributed by atoms with Gasteiger partial charge in [-0.2, -0.15) is 13.9 Å². The Morgan fingerprint density at radius 3 is 2.50 bits per heavy atom. The van der Waals surface area contributed by atoms with Crippen LogP contribution in [0.3, 0.4) is 0 Å². The number of halogens is 3. The monoisotopic (exact) mass is 537 g/mol. The maximum absolute atomic E-state index is 12.2. The molecule has 0 saturated carbocycles. The molecule has 0 radical (unpaired) electrons. The fourth-order valence-corrected chi connectivity index (χ4v) is 2.83. The van der Waals surface area contributed by atoms with Gasteiger partial charge in [-0.15, -0.1) is 24.0 Å². The van der Waals surface area contributed by atoms with Gasteiger partial charge in [-0.25, -0.2) is 0 Å². The van der Waals surface area contributed by atoms with Gasteiger partial charge in [0.25, 0.3) is 0 Å². The molecule has 1 unspecified atom stereocenters. The zero-order chi connectivity index (χ0) is 21.2. The standard InChI is InChI=1S/C20H29F2N5O2.HI/c1-4-23-20(24-10-5-11-27-15(3)12-14(2)26-27)25-13-18(28)16-6-8-17(9-7-16)29-19(21)22;/h6-9,12,18-19,28H,4-5,10-11,13H2,1-3H3,(H2,23,24,25);1H. The van der Waals surface area contributed by atoms with Crippen LogP contribution in [0.25, 0.3) is 0 Å². The van der Waals surface area contributed by atoms with Gasteiger partial charge in [-0.1, -0.05) is 12.1 Å². The van der Waals surface area contributed by atoms with Crippen LogP contribution in [0, 0.1) is 13.8 Å². The quantitative estimate of drug-likeness (QED) is 0.187. The number of rotatable bonds is 10. The number of ether oxygens (including phenoxy) is 1. The van der Waals surface area contributed by atoms with Crippen LogP contribution in [0.2, 0.25) is 0 Å². The minimum Gasteiger partial charge on any atom is -0.435 e. The molecule has 0 saturated heterocycles. The fraction of sp³-hybridized carbons (Fsp3) is 0.500. The number of aryl methyl sites for hydroxylation is 3. The molecule has 0 aliphatic heterocycles. The van der Waals surface area contributed by atoms with Crippen LogP contribution in [0.1, 0.15) is 36.4 Å². The average Bonchev–Trinajstić information content (AvgIpc) is 3.00. The molecule has 1 heterocycles. The molecule has 2 aromatic rings. The Kier molecular flexibility index (Phi) is 11.6. The highest BCUT2D eigenvalue weighted by atomic mass is 127. The Labute approximate surface area is 192 Å². The van der Waals surface area contributed by atoms with Crippen molar-refractivity contribution in [2.75, 3.05) is 19.6 Å². The minimum atomic E-state index is -2.87. The van der Waals surface area contributed by atoms with Crippen molar-refractivity contribution in [2.24, 2.45) is 4.99 Å². The lowest BCUT2D eigenvalue weighted by atomic mass is 10.1. The van der Waals surface area contributed by atoms with Crippen LogP contribution in [0.15, 0.2) is 35.3 Å². The van der Waals surface area contributed by atoms with Gasteiger partial charge in [0.05, 0.1) is 18.3 Å². The van der Waals surface area contributed by atoms with Crippen LogP contribution < -0.4 is 15.4 Å². The number of aliphatic imine (C=N–C) groups is 1. The summed E-state index contributed by atoms with van der Waals surface area (Å²) in [4.78, 5) is 4.40. The lowest BCUT2D eigenvalue weighted by molar-refractivity contribution is -0.0498. The highest BCUT2D eigenvalue weighted by molar-refractivity contribution is 14.0. The number of nitrogens with one attached hydrogen (secondary N) is 2. The van der Waals surface area contributed by atoms with Gasteiger partial charge in [-0.05, 0) is 51.0 Å². The Morgan fingerprint density at radius 2 is 1.93 bits per heavy atom. The number of guanidine groups is 1. The third-order valence-electron chi connectivity index (χ3n) is 4.20. The zero-order valence-electron chi connectivity index (χ0n) is 17.4. The van der Waals surface area contributed by atoms with Gasteiger partial charge in [-0.3, -0.25) is 9.67 Å². The van der Waals surface area contributed by atoms with Crippen LogP contribution in [0.4, 0.5) is 8.78 Å². The molecule has 0 aliphatic rings. The predicted octanol–water partition coefficient (Wildman–Crippen LogP) is 3.40. The summed E-state index contributed by atoms with van der Waals surface area (Å²) in [5, 5.41) is 21.1. The minimum absolute atomic E-state index is 0.